The third-order valence-corrected chi connectivity index (χ3v) is 2.26. The molecule has 0 aliphatic heterocycles. The minimum absolute atomic E-state index is 0.0412. The molecular formula is C5H14NO8PS. The normalized spacial score (nSPS) is 16.6. The summed E-state index contributed by atoms with van der Waals surface area (Å²) < 4.78 is 42.2. The lowest BCUT2D eigenvalue weighted by atomic mass is 10.2. The molecule has 0 saturated carbocycles. The summed E-state index contributed by atoms with van der Waals surface area (Å²) in [7, 11) is -7.77. The Bertz CT molecular complexity index is 351. The van der Waals surface area contributed by atoms with Crippen molar-refractivity contribution < 1.29 is 36.9 Å². The van der Waals surface area contributed by atoms with Crippen molar-refractivity contribution in [3.63, 3.8) is 0 Å². The molecule has 16 heavy (non-hydrogen) atoms. The van der Waals surface area contributed by atoms with E-state index in [0.29, 0.717) is 0 Å². The van der Waals surface area contributed by atoms with Gasteiger partial charge in [-0.05, 0) is 6.42 Å². The molecule has 0 aromatic carbocycles. The zero-order chi connectivity index (χ0) is 13.6. The fraction of sp³-hybridized carbons (Fsp3) is 0.800. The highest BCUT2D eigenvalue weighted by molar-refractivity contribution is 7.79. The largest absolute Gasteiger partial charge is 0.480 e. The summed E-state index contributed by atoms with van der Waals surface area (Å²) in [6.45, 7) is 1.18. The van der Waals surface area contributed by atoms with E-state index in [0.717, 1.165) is 0 Å². The lowest BCUT2D eigenvalue weighted by Gasteiger charge is -2.07. The van der Waals surface area contributed by atoms with E-state index in [1.54, 1.807) is 0 Å². The van der Waals surface area contributed by atoms with Crippen LogP contribution in [0.3, 0.4) is 0 Å². The van der Waals surface area contributed by atoms with Gasteiger partial charge in [-0.2, -0.15) is 8.42 Å². The van der Waals surface area contributed by atoms with Crippen molar-refractivity contribution in [2.75, 3.05) is 12.8 Å². The first-order valence-electron chi connectivity index (χ1n) is 3.80. The molecule has 9 nitrogen and oxygen atoms in total. The van der Waals surface area contributed by atoms with Gasteiger partial charge in [0.15, 0.2) is 7.37 Å². The van der Waals surface area contributed by atoms with Crippen LogP contribution in [-0.2, 0) is 19.8 Å². The molecule has 0 radical (unpaired) electrons. The maximum atomic E-state index is 10.6. The molecule has 0 aromatic rings. The average Bonchev–Trinajstić information content (AvgIpc) is 1.95. The lowest BCUT2D eigenvalue weighted by Crippen LogP contribution is -2.30. The van der Waals surface area contributed by atoms with E-state index in [4.69, 9.17) is 33.3 Å². The highest BCUT2D eigenvalue weighted by atomic mass is 32.3. The predicted molar refractivity (Wildman–Crippen MR) is 55.0 cm³/mol. The quantitative estimate of drug-likeness (QED) is 0.320. The third kappa shape index (κ3) is 23.4. The van der Waals surface area contributed by atoms with Crippen LogP contribution in [0.5, 0.6) is 0 Å². The van der Waals surface area contributed by atoms with Crippen LogP contribution in [0.4, 0.5) is 0 Å². The van der Waals surface area contributed by atoms with Crippen molar-refractivity contribution in [2.45, 2.75) is 12.5 Å². The van der Waals surface area contributed by atoms with Gasteiger partial charge in [-0.25, -0.2) is 0 Å². The topological polar surface area (TPSA) is 175 Å². The molecule has 0 bridgehead atoms. The van der Waals surface area contributed by atoms with Gasteiger partial charge in [0.1, 0.15) is 6.04 Å². The van der Waals surface area contributed by atoms with Crippen molar-refractivity contribution in [2.24, 2.45) is 5.73 Å². The van der Waals surface area contributed by atoms with E-state index in [-0.39, 0.29) is 12.6 Å². The molecule has 0 aliphatic carbocycles. The van der Waals surface area contributed by atoms with Crippen LogP contribution in [0, 0.1) is 0 Å². The molecular weight excluding hydrogens is 265 g/mol. The number of rotatable bonds is 4. The second-order valence-electron chi connectivity index (χ2n) is 2.96. The summed E-state index contributed by atoms with van der Waals surface area (Å²) >= 11 is 0. The molecule has 98 valence electrons. The third-order valence-electron chi connectivity index (χ3n) is 1.17. The van der Waals surface area contributed by atoms with E-state index in [9.17, 15) is 9.36 Å². The SMILES string of the molecule is CP(=O)(O)CCC(N)C(=O)O.O=S(=O)(O)O. The maximum absolute atomic E-state index is 10.6. The molecule has 0 aliphatic rings. The van der Waals surface area contributed by atoms with Crippen LogP contribution in [-0.4, -0.2) is 52.4 Å². The summed E-state index contributed by atoms with van der Waals surface area (Å²) in [5.41, 5.74) is 5.09. The Balaban J connectivity index is 0. The fourth-order valence-corrected chi connectivity index (χ4v) is 1.26. The molecule has 0 amide bonds. The van der Waals surface area contributed by atoms with Crippen LogP contribution in [0.15, 0.2) is 0 Å². The zero-order valence-electron chi connectivity index (χ0n) is 8.35. The Morgan fingerprint density at radius 3 is 1.94 bits per heavy atom. The zero-order valence-corrected chi connectivity index (χ0v) is 10.1. The number of carboxylic acid groups (broad SMARTS) is 1. The van der Waals surface area contributed by atoms with Crippen LogP contribution in [0.25, 0.3) is 0 Å². The molecule has 0 saturated heterocycles. The van der Waals surface area contributed by atoms with Gasteiger partial charge in [0.05, 0.1) is 0 Å². The molecule has 0 heterocycles. The molecule has 2 unspecified atom stereocenters. The van der Waals surface area contributed by atoms with E-state index in [2.05, 4.69) is 0 Å². The molecule has 0 aromatic heterocycles. The minimum atomic E-state index is -4.67. The number of carbonyl (C=O) groups is 1. The smallest absolute Gasteiger partial charge is 0.394 e. The van der Waals surface area contributed by atoms with Gasteiger partial charge >= 0.3 is 16.4 Å². The summed E-state index contributed by atoms with van der Waals surface area (Å²) in [6, 6.07) is -1.03. The summed E-state index contributed by atoms with van der Waals surface area (Å²) in [5, 5.41) is 8.28. The first-order valence-corrected chi connectivity index (χ1v) is 7.49. The van der Waals surface area contributed by atoms with E-state index < -0.39 is 29.8 Å². The first kappa shape index (κ1) is 17.9. The van der Waals surface area contributed by atoms with E-state index in [1.807, 2.05) is 0 Å². The van der Waals surface area contributed by atoms with Crippen LogP contribution < -0.4 is 5.73 Å². The number of hydrogen-bond donors (Lipinski definition) is 5. The summed E-state index contributed by atoms with van der Waals surface area (Å²) in [6.07, 6.45) is 0.0000772. The second kappa shape index (κ2) is 6.94. The highest BCUT2D eigenvalue weighted by Gasteiger charge is 2.16. The Hall–Kier alpha value is -0.510. The standard InChI is InChI=1S/C5H12NO4P.H2O4S/c1-11(9,10)3-2-4(6)5(7)8;1-5(2,3)4/h4H,2-3,6H2,1H3,(H,7,8)(H,9,10);(H2,1,2,3,4). The Kier molecular flexibility index (Phi) is 7.75. The Morgan fingerprint density at radius 1 is 1.44 bits per heavy atom. The summed E-state index contributed by atoms with van der Waals surface area (Å²) in [5.74, 6) is -1.14. The molecule has 6 N–H and O–H groups in total. The van der Waals surface area contributed by atoms with Crippen molar-refractivity contribution >= 4 is 23.7 Å². The van der Waals surface area contributed by atoms with Gasteiger partial charge in [-0.1, -0.05) is 0 Å². The fourth-order valence-electron chi connectivity index (χ4n) is 0.502. The van der Waals surface area contributed by atoms with Crippen molar-refractivity contribution in [3.8, 4) is 0 Å². The molecule has 0 fully saturated rings. The average molecular weight is 279 g/mol. The Morgan fingerprint density at radius 2 is 1.75 bits per heavy atom. The van der Waals surface area contributed by atoms with Crippen molar-refractivity contribution in [1.82, 2.24) is 0 Å². The van der Waals surface area contributed by atoms with Crippen molar-refractivity contribution in [3.05, 3.63) is 0 Å². The maximum Gasteiger partial charge on any atom is 0.394 e. The lowest BCUT2D eigenvalue weighted by molar-refractivity contribution is -0.138. The Labute approximate surface area is 92.3 Å². The first-order chi connectivity index (χ1) is 6.83. The monoisotopic (exact) mass is 279 g/mol. The molecule has 11 heteroatoms. The van der Waals surface area contributed by atoms with E-state index >= 15 is 0 Å². The van der Waals surface area contributed by atoms with Gasteiger partial charge in [0.25, 0.3) is 0 Å². The van der Waals surface area contributed by atoms with Crippen molar-refractivity contribution in [1.29, 1.82) is 0 Å². The molecule has 0 spiro atoms. The van der Waals surface area contributed by atoms with Gasteiger partial charge in [-0.3, -0.25) is 18.5 Å². The number of carboxylic acids is 1. The van der Waals surface area contributed by atoms with E-state index in [1.165, 1.54) is 6.66 Å². The van der Waals surface area contributed by atoms with Crippen LogP contribution in [0.1, 0.15) is 6.42 Å². The highest BCUT2D eigenvalue weighted by Crippen LogP contribution is 2.35. The van der Waals surface area contributed by atoms with Gasteiger partial charge in [0.2, 0.25) is 0 Å². The minimum Gasteiger partial charge on any atom is -0.480 e. The molecule has 2 atom stereocenters. The number of hydrogen-bond acceptors (Lipinski definition) is 5. The van der Waals surface area contributed by atoms with Gasteiger partial charge in [0, 0.05) is 12.8 Å². The second-order valence-corrected chi connectivity index (χ2v) is 6.40. The van der Waals surface area contributed by atoms with Crippen LogP contribution >= 0.6 is 7.37 Å². The summed E-state index contributed by atoms with van der Waals surface area (Å²) in [4.78, 5) is 18.9. The van der Waals surface area contributed by atoms with Gasteiger partial charge in [-0.15, -0.1) is 0 Å². The van der Waals surface area contributed by atoms with Crippen LogP contribution in [0.2, 0.25) is 0 Å². The molecule has 0 rings (SSSR count). The predicted octanol–water partition coefficient (Wildman–Crippen LogP) is -0.964. The number of aliphatic carboxylic acids is 1. The van der Waals surface area contributed by atoms with Gasteiger partial charge < -0.3 is 15.7 Å². The number of nitrogens with two attached hydrogens (primary N) is 1.